The van der Waals surface area contributed by atoms with Gasteiger partial charge in [0.25, 0.3) is 5.91 Å². The Hall–Kier alpha value is -2.74. The molecule has 1 heterocycles. The molecule has 0 spiro atoms. The van der Waals surface area contributed by atoms with Gasteiger partial charge in [0.2, 0.25) is 10.0 Å². The van der Waals surface area contributed by atoms with Gasteiger partial charge in [-0.15, -0.1) is 0 Å². The highest BCUT2D eigenvalue weighted by molar-refractivity contribution is 7.92. The zero-order valence-corrected chi connectivity index (χ0v) is 19.5. The Morgan fingerprint density at radius 1 is 1.23 bits per heavy atom. The van der Waals surface area contributed by atoms with E-state index in [1.54, 1.807) is 6.07 Å². The number of ether oxygens (including phenoxy) is 2. The average Bonchev–Trinajstić information content (AvgIpc) is 2.69. The van der Waals surface area contributed by atoms with E-state index < -0.39 is 16.1 Å². The number of hydrogen-bond acceptors (Lipinski definition) is 5. The van der Waals surface area contributed by atoms with Crippen LogP contribution in [-0.4, -0.2) is 46.4 Å². The van der Waals surface area contributed by atoms with Crippen molar-refractivity contribution >= 4 is 21.6 Å². The van der Waals surface area contributed by atoms with Gasteiger partial charge in [0.15, 0.2) is 6.10 Å². The molecule has 3 rings (SSSR count). The zero-order valence-electron chi connectivity index (χ0n) is 18.6. The molecule has 31 heavy (non-hydrogen) atoms. The monoisotopic (exact) mass is 446 g/mol. The van der Waals surface area contributed by atoms with E-state index in [0.29, 0.717) is 18.0 Å². The smallest absolute Gasteiger partial charge is 0.263 e. The maximum absolute atomic E-state index is 12.7. The Morgan fingerprint density at radius 2 is 1.94 bits per heavy atom. The highest BCUT2D eigenvalue weighted by Crippen LogP contribution is 2.38. The van der Waals surface area contributed by atoms with E-state index in [2.05, 4.69) is 26.1 Å². The minimum Gasteiger partial charge on any atom is -0.491 e. The first kappa shape index (κ1) is 22.9. The lowest BCUT2D eigenvalue weighted by atomic mass is 9.86. The number of benzene rings is 2. The Bertz CT molecular complexity index is 1060. The number of para-hydroxylation sites is 1. The van der Waals surface area contributed by atoms with E-state index >= 15 is 0 Å². The molecule has 1 amide bonds. The molecule has 2 aromatic rings. The Kier molecular flexibility index (Phi) is 6.50. The minimum atomic E-state index is -3.59. The van der Waals surface area contributed by atoms with Gasteiger partial charge in [-0.05, 0) is 41.7 Å². The van der Waals surface area contributed by atoms with Gasteiger partial charge in [0, 0.05) is 0 Å². The first-order chi connectivity index (χ1) is 14.5. The maximum atomic E-state index is 12.7. The topological polar surface area (TPSA) is 84.9 Å². The maximum Gasteiger partial charge on any atom is 0.263 e. The average molecular weight is 447 g/mol. The van der Waals surface area contributed by atoms with Crippen molar-refractivity contribution in [3.05, 3.63) is 53.6 Å². The standard InChI is InChI=1S/C23H30N2O5S/c1-16-8-6-7-9-19(16)29-13-12-24-22(26)21-15-25(31(5,27)28)18-14-17(23(2,3)4)10-11-20(18)30-21/h6-11,14,21H,12-13,15H2,1-5H3,(H,24,26)/t21-/m1/s1. The second-order valence-electron chi connectivity index (χ2n) is 8.74. The van der Waals surface area contributed by atoms with Gasteiger partial charge >= 0.3 is 0 Å². The van der Waals surface area contributed by atoms with E-state index in [4.69, 9.17) is 9.47 Å². The number of carbonyl (C=O) groups excluding carboxylic acids is 1. The summed E-state index contributed by atoms with van der Waals surface area (Å²) in [6.45, 7) is 8.61. The lowest BCUT2D eigenvalue weighted by Gasteiger charge is -2.35. The molecule has 0 aliphatic carbocycles. The van der Waals surface area contributed by atoms with Gasteiger partial charge in [0.1, 0.15) is 18.1 Å². The minimum absolute atomic E-state index is 0.0795. The van der Waals surface area contributed by atoms with E-state index in [0.717, 1.165) is 23.1 Å². The van der Waals surface area contributed by atoms with Gasteiger partial charge in [-0.2, -0.15) is 0 Å². The Labute approximate surface area is 184 Å². The number of aryl methyl sites for hydroxylation is 1. The number of nitrogens with zero attached hydrogens (tertiary/aromatic N) is 1. The SMILES string of the molecule is Cc1ccccc1OCCNC(=O)[C@H]1CN(S(C)(=O)=O)c2cc(C(C)(C)C)ccc2O1. The predicted octanol–water partition coefficient (Wildman–Crippen LogP) is 3.01. The second-order valence-corrected chi connectivity index (χ2v) is 10.6. The summed E-state index contributed by atoms with van der Waals surface area (Å²) in [5, 5.41) is 2.77. The number of anilines is 1. The van der Waals surface area contributed by atoms with Crippen LogP contribution < -0.4 is 19.1 Å². The summed E-state index contributed by atoms with van der Waals surface area (Å²) in [7, 11) is -3.59. The van der Waals surface area contributed by atoms with Gasteiger partial charge in [0.05, 0.1) is 25.0 Å². The zero-order chi connectivity index (χ0) is 22.8. The summed E-state index contributed by atoms with van der Waals surface area (Å²) in [5.41, 5.74) is 2.31. The molecule has 168 valence electrons. The molecule has 1 aliphatic rings. The third-order valence-corrected chi connectivity index (χ3v) is 6.29. The molecule has 0 unspecified atom stereocenters. The van der Waals surface area contributed by atoms with Crippen LogP contribution in [0.3, 0.4) is 0 Å². The number of rotatable bonds is 6. The molecule has 7 nitrogen and oxygen atoms in total. The number of nitrogens with one attached hydrogen (secondary N) is 1. The highest BCUT2D eigenvalue weighted by Gasteiger charge is 2.35. The normalized spacial score (nSPS) is 16.3. The first-order valence-corrected chi connectivity index (χ1v) is 12.1. The van der Waals surface area contributed by atoms with Crippen LogP contribution in [0.1, 0.15) is 31.9 Å². The van der Waals surface area contributed by atoms with Crippen molar-refractivity contribution in [1.29, 1.82) is 0 Å². The Morgan fingerprint density at radius 3 is 2.58 bits per heavy atom. The highest BCUT2D eigenvalue weighted by atomic mass is 32.2. The van der Waals surface area contributed by atoms with Crippen LogP contribution >= 0.6 is 0 Å². The van der Waals surface area contributed by atoms with Crippen LogP contribution in [0.2, 0.25) is 0 Å². The fourth-order valence-corrected chi connectivity index (χ4v) is 4.24. The second kappa shape index (κ2) is 8.78. The van der Waals surface area contributed by atoms with Crippen molar-refractivity contribution in [2.45, 2.75) is 39.2 Å². The van der Waals surface area contributed by atoms with Crippen molar-refractivity contribution < 1.29 is 22.7 Å². The fraction of sp³-hybridized carbons (Fsp3) is 0.435. The van der Waals surface area contributed by atoms with Crippen LogP contribution in [0.25, 0.3) is 0 Å². The number of amides is 1. The molecule has 0 saturated carbocycles. The molecular formula is C23H30N2O5S. The van der Waals surface area contributed by atoms with Gasteiger partial charge in [-0.3, -0.25) is 9.10 Å². The summed E-state index contributed by atoms with van der Waals surface area (Å²) in [6, 6.07) is 13.1. The third-order valence-electron chi connectivity index (χ3n) is 5.14. The summed E-state index contributed by atoms with van der Waals surface area (Å²) < 4.78 is 37.7. The molecule has 0 aromatic heterocycles. The van der Waals surface area contributed by atoms with Crippen molar-refractivity contribution in [3.8, 4) is 11.5 Å². The summed E-state index contributed by atoms with van der Waals surface area (Å²) in [4.78, 5) is 12.7. The number of sulfonamides is 1. The van der Waals surface area contributed by atoms with E-state index in [1.807, 2.05) is 43.3 Å². The molecule has 1 N–H and O–H groups in total. The van der Waals surface area contributed by atoms with E-state index in [9.17, 15) is 13.2 Å². The predicted molar refractivity (Wildman–Crippen MR) is 121 cm³/mol. The van der Waals surface area contributed by atoms with Crippen LogP contribution in [0.15, 0.2) is 42.5 Å². The number of carbonyl (C=O) groups is 1. The summed E-state index contributed by atoms with van der Waals surface area (Å²) in [6.07, 6.45) is 0.192. The van der Waals surface area contributed by atoms with Crippen LogP contribution in [-0.2, 0) is 20.2 Å². The van der Waals surface area contributed by atoms with Crippen molar-refractivity contribution in [1.82, 2.24) is 5.32 Å². The van der Waals surface area contributed by atoms with Gasteiger partial charge < -0.3 is 14.8 Å². The molecule has 0 bridgehead atoms. The van der Waals surface area contributed by atoms with Crippen LogP contribution in [0, 0.1) is 6.92 Å². The lowest BCUT2D eigenvalue weighted by Crippen LogP contribution is -2.51. The van der Waals surface area contributed by atoms with Crippen molar-refractivity contribution in [2.24, 2.45) is 0 Å². The van der Waals surface area contributed by atoms with Crippen LogP contribution in [0.4, 0.5) is 5.69 Å². The quantitative estimate of drug-likeness (QED) is 0.690. The van der Waals surface area contributed by atoms with Gasteiger partial charge in [-0.1, -0.05) is 45.0 Å². The third kappa shape index (κ3) is 5.50. The van der Waals surface area contributed by atoms with Crippen molar-refractivity contribution in [3.63, 3.8) is 0 Å². The van der Waals surface area contributed by atoms with Crippen LogP contribution in [0.5, 0.6) is 11.5 Å². The Balaban J connectivity index is 1.69. The lowest BCUT2D eigenvalue weighted by molar-refractivity contribution is -0.127. The summed E-state index contributed by atoms with van der Waals surface area (Å²) >= 11 is 0. The first-order valence-electron chi connectivity index (χ1n) is 10.2. The van der Waals surface area contributed by atoms with E-state index in [1.165, 1.54) is 4.31 Å². The number of fused-ring (bicyclic) bond motifs is 1. The van der Waals surface area contributed by atoms with E-state index in [-0.39, 0.29) is 24.4 Å². The molecule has 2 aromatic carbocycles. The molecule has 0 saturated heterocycles. The number of hydrogen-bond donors (Lipinski definition) is 1. The molecular weight excluding hydrogens is 416 g/mol. The summed E-state index contributed by atoms with van der Waals surface area (Å²) in [5.74, 6) is 0.756. The van der Waals surface area contributed by atoms with Crippen molar-refractivity contribution in [2.75, 3.05) is 30.3 Å². The molecule has 8 heteroatoms. The molecule has 1 aliphatic heterocycles. The molecule has 0 radical (unpaired) electrons. The fourth-order valence-electron chi connectivity index (χ4n) is 3.34. The largest absolute Gasteiger partial charge is 0.491 e. The molecule has 1 atom stereocenters. The molecule has 0 fully saturated rings. The van der Waals surface area contributed by atoms with Gasteiger partial charge in [-0.25, -0.2) is 8.42 Å².